The van der Waals surface area contributed by atoms with Crippen LogP contribution in [0.1, 0.15) is 53.9 Å². The molecular weight excluding hydrogens is 288 g/mol. The first-order valence-electron chi connectivity index (χ1n) is 7.83. The van der Waals surface area contributed by atoms with E-state index in [2.05, 4.69) is 6.92 Å². The molecule has 0 aromatic carbocycles. The molecule has 0 aliphatic carbocycles. The van der Waals surface area contributed by atoms with Gasteiger partial charge in [0.05, 0.1) is 6.61 Å². The van der Waals surface area contributed by atoms with Gasteiger partial charge in [-0.1, -0.05) is 19.8 Å². The van der Waals surface area contributed by atoms with Gasteiger partial charge in [0.1, 0.15) is 0 Å². The molecule has 0 bridgehead atoms. The van der Waals surface area contributed by atoms with Crippen LogP contribution in [-0.2, 0) is 22.8 Å². The molecule has 0 atom stereocenters. The smallest absolute Gasteiger partial charge is 0.462 e. The summed E-state index contributed by atoms with van der Waals surface area (Å²) in [4.78, 5) is 12.0. The van der Waals surface area contributed by atoms with Gasteiger partial charge in [-0.2, -0.15) is 0 Å². The number of esters is 1. The molecule has 0 saturated carbocycles. The summed E-state index contributed by atoms with van der Waals surface area (Å²) in [6, 6.07) is 0. The minimum absolute atomic E-state index is 0.331. The minimum atomic E-state index is -2.94. The lowest BCUT2D eigenvalue weighted by atomic mass is 10.3. The van der Waals surface area contributed by atoms with Crippen LogP contribution in [0, 0.1) is 0 Å². The van der Waals surface area contributed by atoms with Crippen LogP contribution in [0.25, 0.3) is 0 Å². The maximum absolute atomic E-state index is 12.0. The second-order valence-corrected chi connectivity index (χ2v) is 6.93. The highest BCUT2D eigenvalue weighted by atomic mass is 28.4. The van der Waals surface area contributed by atoms with Crippen molar-refractivity contribution in [2.24, 2.45) is 0 Å². The molecule has 21 heavy (non-hydrogen) atoms. The zero-order chi connectivity index (χ0) is 16.1. The molecule has 0 fully saturated rings. The highest BCUT2D eigenvalue weighted by Crippen LogP contribution is 2.15. The number of rotatable bonds is 12. The number of unbranched alkanes of at least 4 members (excludes halogenated alkanes) is 2. The highest BCUT2D eigenvalue weighted by molar-refractivity contribution is 6.66. The van der Waals surface area contributed by atoms with Gasteiger partial charge in [0, 0.05) is 25.4 Å². The van der Waals surface area contributed by atoms with E-state index in [0.29, 0.717) is 32.0 Å². The van der Waals surface area contributed by atoms with Crippen LogP contribution in [-0.4, -0.2) is 41.2 Å². The molecule has 6 heteroatoms. The summed E-state index contributed by atoms with van der Waals surface area (Å²) >= 11 is 0. The lowest BCUT2D eigenvalue weighted by Crippen LogP contribution is -2.45. The summed E-state index contributed by atoms with van der Waals surface area (Å²) in [6.45, 7) is 11.3. The molecule has 0 unspecified atom stereocenters. The van der Waals surface area contributed by atoms with Crippen LogP contribution in [0.15, 0.2) is 11.3 Å². The zero-order valence-electron chi connectivity index (χ0n) is 14.1. The van der Waals surface area contributed by atoms with Crippen molar-refractivity contribution >= 4 is 14.8 Å². The molecule has 0 aliphatic heterocycles. The van der Waals surface area contributed by atoms with Gasteiger partial charge in [-0.3, -0.25) is 0 Å². The van der Waals surface area contributed by atoms with E-state index in [1.54, 1.807) is 12.6 Å². The first kappa shape index (κ1) is 20.3. The topological polar surface area (TPSA) is 54.0 Å². The van der Waals surface area contributed by atoms with E-state index in [1.165, 1.54) is 0 Å². The van der Waals surface area contributed by atoms with Gasteiger partial charge >= 0.3 is 14.8 Å². The molecular formula is C15H30O5Si. The Kier molecular flexibility index (Phi) is 11.5. The predicted octanol–water partition coefficient (Wildman–Crippen LogP) is 3.25. The second-order valence-electron chi connectivity index (χ2n) is 4.57. The van der Waals surface area contributed by atoms with Crippen LogP contribution in [0.5, 0.6) is 0 Å². The van der Waals surface area contributed by atoms with Gasteiger partial charge in [-0.25, -0.2) is 4.79 Å². The maximum atomic E-state index is 12.0. The van der Waals surface area contributed by atoms with E-state index in [4.69, 9.17) is 18.0 Å². The van der Waals surface area contributed by atoms with Gasteiger partial charge in [-0.15, -0.1) is 0 Å². The summed E-state index contributed by atoms with van der Waals surface area (Å²) in [7, 11) is -2.94. The summed E-state index contributed by atoms with van der Waals surface area (Å²) in [6.07, 6.45) is 3.05. The Labute approximate surface area is 130 Å². The molecule has 0 heterocycles. The third-order valence-electron chi connectivity index (χ3n) is 2.73. The summed E-state index contributed by atoms with van der Waals surface area (Å²) < 4.78 is 22.3. The van der Waals surface area contributed by atoms with E-state index in [1.807, 2.05) is 20.8 Å². The van der Waals surface area contributed by atoms with Crippen LogP contribution >= 0.6 is 0 Å². The van der Waals surface area contributed by atoms with Crippen molar-refractivity contribution in [3.63, 3.8) is 0 Å². The molecule has 0 aliphatic rings. The van der Waals surface area contributed by atoms with Crippen molar-refractivity contribution in [1.82, 2.24) is 0 Å². The van der Waals surface area contributed by atoms with E-state index in [0.717, 1.165) is 19.3 Å². The molecule has 124 valence electrons. The molecule has 0 radical (unpaired) electrons. The first-order valence-corrected chi connectivity index (χ1v) is 9.63. The zero-order valence-corrected chi connectivity index (χ0v) is 15.1. The van der Waals surface area contributed by atoms with Crippen molar-refractivity contribution in [2.75, 3.05) is 26.4 Å². The number of ether oxygens (including phenoxy) is 1. The molecule has 0 N–H and O–H groups in total. The van der Waals surface area contributed by atoms with Crippen molar-refractivity contribution in [1.29, 1.82) is 0 Å². The lowest BCUT2D eigenvalue weighted by molar-refractivity contribution is -0.139. The van der Waals surface area contributed by atoms with Gasteiger partial charge in [0.15, 0.2) is 0 Å². The predicted molar refractivity (Wildman–Crippen MR) is 84.9 cm³/mol. The van der Waals surface area contributed by atoms with Gasteiger partial charge in [0.25, 0.3) is 0 Å². The van der Waals surface area contributed by atoms with Gasteiger partial charge in [0.2, 0.25) is 0 Å². The Bertz CT molecular complexity index is 300. The molecule has 0 rings (SSSR count). The summed E-state index contributed by atoms with van der Waals surface area (Å²) in [5, 5.41) is 0. The number of hydrogen-bond donors (Lipinski definition) is 0. The second kappa shape index (κ2) is 11.9. The molecule has 0 spiro atoms. The normalized spacial score (nSPS) is 12.5. The summed E-state index contributed by atoms with van der Waals surface area (Å²) in [5.41, 5.74) is 2.17. The van der Waals surface area contributed by atoms with Crippen LogP contribution in [0.2, 0.25) is 0 Å². The van der Waals surface area contributed by atoms with E-state index in [9.17, 15) is 4.79 Å². The van der Waals surface area contributed by atoms with Crippen LogP contribution < -0.4 is 0 Å². The van der Waals surface area contributed by atoms with Crippen molar-refractivity contribution in [3.8, 4) is 0 Å². The standard InChI is InChI=1S/C15H30O5Si/c1-6-10-11-12-17-15(16)14(5)13-21(18-7-2,19-8-3)20-9-4/h13H,6-12H2,1-5H3. The largest absolute Gasteiger partial charge is 0.530 e. The highest BCUT2D eigenvalue weighted by Gasteiger charge is 2.39. The third-order valence-corrected chi connectivity index (χ3v) is 5.59. The Balaban J connectivity index is 4.77. The fraction of sp³-hybridized carbons (Fsp3) is 0.800. The van der Waals surface area contributed by atoms with E-state index in [-0.39, 0.29) is 5.97 Å². The Hall–Kier alpha value is -0.693. The Morgan fingerprint density at radius 1 is 0.952 bits per heavy atom. The van der Waals surface area contributed by atoms with Crippen LogP contribution in [0.4, 0.5) is 0 Å². The number of carbonyl (C=O) groups is 1. The third kappa shape index (κ3) is 8.36. The SMILES string of the molecule is CCCCCOC(=O)C(C)=C[Si](OCC)(OCC)OCC. The van der Waals surface area contributed by atoms with Crippen molar-refractivity contribution < 1.29 is 22.8 Å². The van der Waals surface area contributed by atoms with E-state index >= 15 is 0 Å². The quantitative estimate of drug-likeness (QED) is 0.239. The fourth-order valence-electron chi connectivity index (χ4n) is 1.81. The van der Waals surface area contributed by atoms with Crippen molar-refractivity contribution in [2.45, 2.75) is 53.9 Å². The fourth-order valence-corrected chi connectivity index (χ4v) is 4.16. The minimum Gasteiger partial charge on any atom is -0.462 e. The van der Waals surface area contributed by atoms with Crippen LogP contribution in [0.3, 0.4) is 0 Å². The molecule has 0 aromatic rings. The molecule has 0 saturated heterocycles. The lowest BCUT2D eigenvalue weighted by Gasteiger charge is -2.25. The first-order chi connectivity index (χ1) is 10.0. The Morgan fingerprint density at radius 3 is 1.90 bits per heavy atom. The Morgan fingerprint density at radius 2 is 1.48 bits per heavy atom. The van der Waals surface area contributed by atoms with Crippen molar-refractivity contribution in [3.05, 3.63) is 11.3 Å². The molecule has 0 aromatic heterocycles. The van der Waals surface area contributed by atoms with Gasteiger partial charge < -0.3 is 18.0 Å². The molecule has 5 nitrogen and oxygen atoms in total. The summed E-state index contributed by atoms with van der Waals surface area (Å²) in [5.74, 6) is -0.331. The monoisotopic (exact) mass is 318 g/mol. The number of hydrogen-bond acceptors (Lipinski definition) is 5. The average Bonchev–Trinajstić information content (AvgIpc) is 2.44. The average molecular weight is 318 g/mol. The van der Waals surface area contributed by atoms with E-state index < -0.39 is 8.80 Å². The van der Waals surface area contributed by atoms with Gasteiger partial charge in [-0.05, 0) is 39.8 Å². The molecule has 0 amide bonds. The maximum Gasteiger partial charge on any atom is 0.530 e. The number of carbonyl (C=O) groups excluding carboxylic acids is 1.